The van der Waals surface area contributed by atoms with Crippen LogP contribution in [-0.4, -0.2) is 22.8 Å². The third-order valence-electron chi connectivity index (χ3n) is 3.48. The van der Waals surface area contributed by atoms with Crippen molar-refractivity contribution in [2.45, 2.75) is 26.2 Å². The quantitative estimate of drug-likeness (QED) is 0.694. The van der Waals surface area contributed by atoms with Gasteiger partial charge in [0.25, 0.3) is 0 Å². The number of nitrogens with zero attached hydrogens (tertiary/aromatic N) is 3. The zero-order chi connectivity index (χ0) is 16.3. The summed E-state index contributed by atoms with van der Waals surface area (Å²) >= 11 is 0. The monoisotopic (exact) mass is 331 g/mol. The summed E-state index contributed by atoms with van der Waals surface area (Å²) in [6, 6.07) is 13.9. The second kappa shape index (κ2) is 6.37. The van der Waals surface area contributed by atoms with Crippen LogP contribution in [0.4, 0.5) is 0 Å². The number of hydrogen-bond acceptors (Lipinski definition) is 5. The van der Waals surface area contributed by atoms with Crippen molar-refractivity contribution in [1.29, 1.82) is 0 Å². The third-order valence-corrected chi connectivity index (χ3v) is 4.57. The molecule has 0 unspecified atom stereocenters. The van der Waals surface area contributed by atoms with Gasteiger partial charge in [-0.25, -0.2) is 0 Å². The highest BCUT2D eigenvalue weighted by atomic mass is 32.2. The molecule has 1 heterocycles. The molecule has 23 heavy (non-hydrogen) atoms. The fraction of sp³-hybridized carbons (Fsp3) is 0.250. The SMILES string of the molecule is CCCCc1ccc(OS(=O)(=O)n2nnc3ccccc32)cc1. The van der Waals surface area contributed by atoms with Gasteiger partial charge >= 0.3 is 10.3 Å². The summed E-state index contributed by atoms with van der Waals surface area (Å²) in [4.78, 5) is 0. The molecule has 3 rings (SSSR count). The highest BCUT2D eigenvalue weighted by Gasteiger charge is 2.20. The van der Waals surface area contributed by atoms with Crippen molar-refractivity contribution < 1.29 is 12.6 Å². The van der Waals surface area contributed by atoms with E-state index in [1.807, 2.05) is 12.1 Å². The Labute approximate surface area is 135 Å². The van der Waals surface area contributed by atoms with Crippen molar-refractivity contribution in [2.24, 2.45) is 0 Å². The summed E-state index contributed by atoms with van der Waals surface area (Å²) in [5.74, 6) is 0.254. The van der Waals surface area contributed by atoms with E-state index in [0.29, 0.717) is 11.0 Å². The number of benzene rings is 2. The molecule has 0 amide bonds. The van der Waals surface area contributed by atoms with Crippen LogP contribution in [0.1, 0.15) is 25.3 Å². The normalized spacial score (nSPS) is 11.7. The van der Waals surface area contributed by atoms with Crippen molar-refractivity contribution in [1.82, 2.24) is 14.4 Å². The van der Waals surface area contributed by atoms with E-state index in [1.54, 1.807) is 36.4 Å². The molecule has 120 valence electrons. The molecule has 0 spiro atoms. The van der Waals surface area contributed by atoms with Crippen LogP contribution in [0.2, 0.25) is 0 Å². The molecule has 7 heteroatoms. The van der Waals surface area contributed by atoms with Crippen molar-refractivity contribution in [2.75, 3.05) is 0 Å². The number of para-hydroxylation sites is 1. The van der Waals surface area contributed by atoms with Gasteiger partial charge in [0.2, 0.25) is 0 Å². The lowest BCUT2D eigenvalue weighted by molar-refractivity contribution is 0.469. The minimum absolute atomic E-state index is 0.254. The fourth-order valence-corrected chi connectivity index (χ4v) is 3.21. The predicted molar refractivity (Wildman–Crippen MR) is 87.5 cm³/mol. The smallest absolute Gasteiger partial charge is 0.365 e. The van der Waals surface area contributed by atoms with E-state index in [9.17, 15) is 8.42 Å². The lowest BCUT2D eigenvalue weighted by Crippen LogP contribution is -2.20. The Kier molecular flexibility index (Phi) is 4.29. The summed E-state index contributed by atoms with van der Waals surface area (Å²) in [5.41, 5.74) is 2.03. The number of fused-ring (bicyclic) bond motifs is 1. The maximum atomic E-state index is 12.4. The topological polar surface area (TPSA) is 74.1 Å². The summed E-state index contributed by atoms with van der Waals surface area (Å²) in [7, 11) is -4.08. The van der Waals surface area contributed by atoms with Crippen molar-refractivity contribution in [3.05, 3.63) is 54.1 Å². The van der Waals surface area contributed by atoms with Gasteiger partial charge in [0.05, 0.1) is 0 Å². The van der Waals surface area contributed by atoms with E-state index >= 15 is 0 Å². The molecule has 0 bridgehead atoms. The molecule has 0 aliphatic rings. The Morgan fingerprint density at radius 1 is 1.09 bits per heavy atom. The third kappa shape index (κ3) is 3.34. The molecule has 2 aromatic carbocycles. The number of rotatable bonds is 6. The largest absolute Gasteiger partial charge is 0.431 e. The van der Waals surface area contributed by atoms with Gasteiger partial charge in [-0.3, -0.25) is 0 Å². The van der Waals surface area contributed by atoms with Crippen molar-refractivity contribution >= 4 is 21.3 Å². The number of aryl methyl sites for hydroxylation is 1. The molecule has 0 radical (unpaired) electrons. The van der Waals surface area contributed by atoms with Crippen LogP contribution < -0.4 is 4.18 Å². The molecule has 1 aromatic heterocycles. The Bertz CT molecular complexity index is 902. The molecular weight excluding hydrogens is 314 g/mol. The van der Waals surface area contributed by atoms with E-state index in [1.165, 1.54) is 0 Å². The first-order valence-electron chi connectivity index (χ1n) is 7.44. The Hall–Kier alpha value is -2.41. The standard InChI is InChI=1S/C16H17N3O3S/c1-2-3-6-13-9-11-14(12-10-13)22-23(20,21)19-16-8-5-4-7-15(16)17-18-19/h4-5,7-12H,2-3,6H2,1H3. The second-order valence-corrected chi connectivity index (χ2v) is 6.58. The van der Waals surface area contributed by atoms with E-state index in [-0.39, 0.29) is 5.75 Å². The average molecular weight is 331 g/mol. The Balaban J connectivity index is 1.83. The van der Waals surface area contributed by atoms with Crippen LogP contribution >= 0.6 is 0 Å². The van der Waals surface area contributed by atoms with E-state index in [2.05, 4.69) is 17.2 Å². The summed E-state index contributed by atoms with van der Waals surface area (Å²) in [6.07, 6.45) is 3.19. The summed E-state index contributed by atoms with van der Waals surface area (Å²) < 4.78 is 30.7. The van der Waals surface area contributed by atoms with Crippen LogP contribution in [0.15, 0.2) is 48.5 Å². The maximum absolute atomic E-state index is 12.4. The molecule has 0 saturated carbocycles. The first kappa shape index (κ1) is 15.5. The molecule has 6 nitrogen and oxygen atoms in total. The van der Waals surface area contributed by atoms with Gasteiger partial charge in [-0.15, -0.1) is 9.19 Å². The molecule has 0 N–H and O–H groups in total. The number of aromatic nitrogens is 3. The molecule has 0 aliphatic carbocycles. The lowest BCUT2D eigenvalue weighted by atomic mass is 10.1. The van der Waals surface area contributed by atoms with Crippen LogP contribution in [0.5, 0.6) is 5.75 Å². The van der Waals surface area contributed by atoms with Gasteiger partial charge in [0.15, 0.2) is 0 Å². The zero-order valence-corrected chi connectivity index (χ0v) is 13.5. The molecule has 0 aliphatic heterocycles. The van der Waals surface area contributed by atoms with Crippen LogP contribution in [0.25, 0.3) is 11.0 Å². The van der Waals surface area contributed by atoms with E-state index in [0.717, 1.165) is 28.9 Å². The maximum Gasteiger partial charge on any atom is 0.431 e. The van der Waals surface area contributed by atoms with Crippen LogP contribution in [-0.2, 0) is 16.7 Å². The second-order valence-electron chi connectivity index (χ2n) is 5.21. The number of hydrogen-bond donors (Lipinski definition) is 0. The van der Waals surface area contributed by atoms with E-state index < -0.39 is 10.3 Å². The van der Waals surface area contributed by atoms with Gasteiger partial charge in [-0.2, -0.15) is 8.42 Å². The summed E-state index contributed by atoms with van der Waals surface area (Å²) in [6.45, 7) is 2.13. The molecule has 0 saturated heterocycles. The van der Waals surface area contributed by atoms with Crippen molar-refractivity contribution in [3.63, 3.8) is 0 Å². The first-order chi connectivity index (χ1) is 11.1. The van der Waals surface area contributed by atoms with Crippen molar-refractivity contribution in [3.8, 4) is 5.75 Å². The highest BCUT2D eigenvalue weighted by Crippen LogP contribution is 2.18. The van der Waals surface area contributed by atoms with Gasteiger partial charge in [-0.1, -0.05) is 37.6 Å². The minimum atomic E-state index is -4.08. The van der Waals surface area contributed by atoms with Gasteiger partial charge in [0, 0.05) is 0 Å². The minimum Gasteiger partial charge on any atom is -0.365 e. The molecule has 0 fully saturated rings. The molecule has 0 atom stereocenters. The first-order valence-corrected chi connectivity index (χ1v) is 8.81. The highest BCUT2D eigenvalue weighted by molar-refractivity contribution is 7.85. The summed E-state index contributed by atoms with van der Waals surface area (Å²) in [5, 5.41) is 7.50. The molecular formula is C16H17N3O3S. The molecule has 3 aromatic rings. The van der Waals surface area contributed by atoms with E-state index in [4.69, 9.17) is 4.18 Å². The van der Waals surface area contributed by atoms with Crippen LogP contribution in [0, 0.1) is 0 Å². The number of unbranched alkanes of at least 4 members (excludes halogenated alkanes) is 1. The van der Waals surface area contributed by atoms with Gasteiger partial charge < -0.3 is 4.18 Å². The van der Waals surface area contributed by atoms with Gasteiger partial charge in [0.1, 0.15) is 16.8 Å². The predicted octanol–water partition coefficient (Wildman–Crippen LogP) is 2.95. The Morgan fingerprint density at radius 3 is 2.57 bits per heavy atom. The Morgan fingerprint density at radius 2 is 1.83 bits per heavy atom. The van der Waals surface area contributed by atoms with Gasteiger partial charge in [-0.05, 0) is 47.9 Å². The zero-order valence-electron chi connectivity index (χ0n) is 12.7. The van der Waals surface area contributed by atoms with Crippen LogP contribution in [0.3, 0.4) is 0 Å². The fourth-order valence-electron chi connectivity index (χ4n) is 2.26. The average Bonchev–Trinajstić information content (AvgIpc) is 2.99. The lowest BCUT2D eigenvalue weighted by Gasteiger charge is -2.07.